The van der Waals surface area contributed by atoms with Crippen LogP contribution in [0.25, 0.3) is 0 Å². The number of nitrogens with one attached hydrogen (secondary N) is 2. The minimum atomic E-state index is -1.31. The topological polar surface area (TPSA) is 105 Å². The van der Waals surface area contributed by atoms with E-state index < -0.39 is 24.0 Å². The van der Waals surface area contributed by atoms with Crippen molar-refractivity contribution in [3.63, 3.8) is 0 Å². The molecule has 1 atom stereocenters. The summed E-state index contributed by atoms with van der Waals surface area (Å²) in [7, 11) is 1.36. The maximum absolute atomic E-state index is 12.2. The third kappa shape index (κ3) is 4.33. The fourth-order valence-corrected chi connectivity index (χ4v) is 1.95. The van der Waals surface area contributed by atoms with Gasteiger partial charge in [0, 0.05) is 12.6 Å². The SMILES string of the molecule is CNC(=O)NC(=O)[C@H](OC(=O)c1cccc(O)c1)c1ccccc1. The summed E-state index contributed by atoms with van der Waals surface area (Å²) >= 11 is 0. The van der Waals surface area contributed by atoms with E-state index >= 15 is 0 Å². The van der Waals surface area contributed by atoms with Crippen LogP contribution in [0.5, 0.6) is 5.75 Å². The minimum Gasteiger partial charge on any atom is -0.508 e. The van der Waals surface area contributed by atoms with Crippen molar-refractivity contribution in [2.45, 2.75) is 6.10 Å². The van der Waals surface area contributed by atoms with E-state index in [0.717, 1.165) is 0 Å². The monoisotopic (exact) mass is 328 g/mol. The fraction of sp³-hybridized carbons (Fsp3) is 0.118. The van der Waals surface area contributed by atoms with Crippen LogP contribution in [0.1, 0.15) is 22.0 Å². The van der Waals surface area contributed by atoms with Gasteiger partial charge in [-0.1, -0.05) is 36.4 Å². The first-order chi connectivity index (χ1) is 11.5. The number of imide groups is 1. The molecule has 0 unspecified atom stereocenters. The van der Waals surface area contributed by atoms with E-state index in [-0.39, 0.29) is 11.3 Å². The molecule has 0 radical (unpaired) electrons. The van der Waals surface area contributed by atoms with Crippen molar-refractivity contribution in [1.29, 1.82) is 0 Å². The standard InChI is InChI=1S/C17H16N2O5/c1-18-17(23)19-15(21)14(11-6-3-2-4-7-11)24-16(22)12-8-5-9-13(20)10-12/h2-10,14,20H,1H3,(H2,18,19,21,23)/t14-/m1/s1. The molecule has 7 heteroatoms. The van der Waals surface area contributed by atoms with E-state index in [1.54, 1.807) is 30.3 Å². The van der Waals surface area contributed by atoms with E-state index in [2.05, 4.69) is 10.6 Å². The van der Waals surface area contributed by atoms with Crippen molar-refractivity contribution >= 4 is 17.9 Å². The second kappa shape index (κ2) is 7.77. The number of hydrogen-bond donors (Lipinski definition) is 3. The van der Waals surface area contributed by atoms with Crippen LogP contribution >= 0.6 is 0 Å². The fourth-order valence-electron chi connectivity index (χ4n) is 1.95. The molecule has 0 saturated carbocycles. The average Bonchev–Trinajstić information content (AvgIpc) is 2.59. The number of esters is 1. The molecule has 3 N–H and O–H groups in total. The first kappa shape index (κ1) is 17.0. The van der Waals surface area contributed by atoms with Gasteiger partial charge in [0.1, 0.15) is 5.75 Å². The summed E-state index contributed by atoms with van der Waals surface area (Å²) in [6.07, 6.45) is -1.31. The minimum absolute atomic E-state index is 0.0867. The lowest BCUT2D eigenvalue weighted by molar-refractivity contribution is -0.129. The molecule has 0 aliphatic heterocycles. The maximum Gasteiger partial charge on any atom is 0.339 e. The van der Waals surface area contributed by atoms with Crippen molar-refractivity contribution in [1.82, 2.24) is 10.6 Å². The van der Waals surface area contributed by atoms with Crippen LogP contribution in [0.4, 0.5) is 4.79 Å². The van der Waals surface area contributed by atoms with Gasteiger partial charge in [0.2, 0.25) is 6.10 Å². The van der Waals surface area contributed by atoms with Crippen LogP contribution in [-0.2, 0) is 9.53 Å². The highest BCUT2D eigenvalue weighted by Gasteiger charge is 2.27. The Balaban J connectivity index is 2.24. The van der Waals surface area contributed by atoms with Crippen LogP contribution in [-0.4, -0.2) is 30.1 Å². The Labute approximate surface area is 138 Å². The molecule has 0 bridgehead atoms. The molecule has 0 aromatic heterocycles. The zero-order valence-corrected chi connectivity index (χ0v) is 12.9. The number of carbonyl (C=O) groups excluding carboxylic acids is 3. The van der Waals surface area contributed by atoms with Crippen molar-refractivity contribution in [2.75, 3.05) is 7.05 Å². The summed E-state index contributed by atoms with van der Waals surface area (Å²) in [5, 5.41) is 13.8. The molecule has 0 fully saturated rings. The van der Waals surface area contributed by atoms with Gasteiger partial charge in [-0.15, -0.1) is 0 Å². The summed E-state index contributed by atoms with van der Waals surface area (Å²) < 4.78 is 5.24. The molecule has 24 heavy (non-hydrogen) atoms. The zero-order chi connectivity index (χ0) is 17.5. The number of rotatable bonds is 4. The van der Waals surface area contributed by atoms with Crippen molar-refractivity contribution < 1.29 is 24.2 Å². The number of phenolic OH excluding ortho intramolecular Hbond substituents is 1. The van der Waals surface area contributed by atoms with E-state index in [0.29, 0.717) is 5.56 Å². The Morgan fingerprint density at radius 3 is 2.38 bits per heavy atom. The Kier molecular flexibility index (Phi) is 5.51. The van der Waals surface area contributed by atoms with E-state index in [1.807, 2.05) is 0 Å². The third-order valence-electron chi connectivity index (χ3n) is 3.11. The summed E-state index contributed by atoms with van der Waals surface area (Å²) in [6.45, 7) is 0. The first-order valence-electron chi connectivity index (χ1n) is 7.09. The van der Waals surface area contributed by atoms with Gasteiger partial charge >= 0.3 is 12.0 Å². The third-order valence-corrected chi connectivity index (χ3v) is 3.11. The lowest BCUT2D eigenvalue weighted by Crippen LogP contribution is -2.41. The van der Waals surface area contributed by atoms with Gasteiger partial charge in [0.15, 0.2) is 0 Å². The number of ether oxygens (including phenoxy) is 1. The molecule has 7 nitrogen and oxygen atoms in total. The highest BCUT2D eigenvalue weighted by atomic mass is 16.5. The van der Waals surface area contributed by atoms with Gasteiger partial charge < -0.3 is 15.2 Å². The van der Waals surface area contributed by atoms with E-state index in [1.165, 1.54) is 31.3 Å². The Morgan fingerprint density at radius 2 is 1.75 bits per heavy atom. The van der Waals surface area contributed by atoms with Gasteiger partial charge in [-0.3, -0.25) is 10.1 Å². The molecule has 0 aliphatic rings. The maximum atomic E-state index is 12.2. The Hall–Kier alpha value is -3.35. The lowest BCUT2D eigenvalue weighted by Gasteiger charge is -2.17. The van der Waals surface area contributed by atoms with Crippen LogP contribution in [0.2, 0.25) is 0 Å². The highest BCUT2D eigenvalue weighted by Crippen LogP contribution is 2.21. The largest absolute Gasteiger partial charge is 0.508 e. The van der Waals surface area contributed by atoms with Gasteiger partial charge in [-0.25, -0.2) is 9.59 Å². The molecule has 3 amide bonds. The molecular weight excluding hydrogens is 312 g/mol. The zero-order valence-electron chi connectivity index (χ0n) is 12.9. The van der Waals surface area contributed by atoms with Gasteiger partial charge in [0.05, 0.1) is 5.56 Å². The summed E-state index contributed by atoms with van der Waals surface area (Å²) in [6, 6.07) is 13.1. The summed E-state index contributed by atoms with van der Waals surface area (Å²) in [5.74, 6) is -1.68. The molecule has 2 rings (SSSR count). The van der Waals surface area contributed by atoms with Crippen molar-refractivity contribution in [3.8, 4) is 5.75 Å². The Morgan fingerprint density at radius 1 is 1.04 bits per heavy atom. The number of aromatic hydroxyl groups is 1. The van der Waals surface area contributed by atoms with Crippen molar-refractivity contribution in [2.24, 2.45) is 0 Å². The second-order valence-corrected chi connectivity index (χ2v) is 4.81. The Bertz CT molecular complexity index is 746. The number of benzene rings is 2. The van der Waals surface area contributed by atoms with Crippen LogP contribution in [0.3, 0.4) is 0 Å². The van der Waals surface area contributed by atoms with E-state index in [9.17, 15) is 19.5 Å². The molecule has 0 saturated heterocycles. The molecular formula is C17H16N2O5. The highest BCUT2D eigenvalue weighted by molar-refractivity contribution is 5.99. The second-order valence-electron chi connectivity index (χ2n) is 4.81. The quantitative estimate of drug-likeness (QED) is 0.742. The van der Waals surface area contributed by atoms with Gasteiger partial charge in [-0.2, -0.15) is 0 Å². The summed E-state index contributed by atoms with van der Waals surface area (Å²) in [4.78, 5) is 35.8. The molecule has 0 spiro atoms. The number of urea groups is 1. The van der Waals surface area contributed by atoms with E-state index in [4.69, 9.17) is 4.74 Å². The van der Waals surface area contributed by atoms with Gasteiger partial charge in [-0.05, 0) is 18.2 Å². The van der Waals surface area contributed by atoms with Crippen LogP contribution in [0, 0.1) is 0 Å². The van der Waals surface area contributed by atoms with Gasteiger partial charge in [0.25, 0.3) is 5.91 Å². The van der Waals surface area contributed by atoms with Crippen molar-refractivity contribution in [3.05, 3.63) is 65.7 Å². The normalized spacial score (nSPS) is 11.2. The molecule has 124 valence electrons. The average molecular weight is 328 g/mol. The van der Waals surface area contributed by atoms with Crippen LogP contribution < -0.4 is 10.6 Å². The molecule has 0 aliphatic carbocycles. The predicted octanol–water partition coefficient (Wildman–Crippen LogP) is 1.75. The molecule has 2 aromatic rings. The lowest BCUT2D eigenvalue weighted by atomic mass is 10.1. The number of phenols is 1. The number of amides is 3. The predicted molar refractivity (Wildman–Crippen MR) is 85.3 cm³/mol. The van der Waals surface area contributed by atoms with Crippen LogP contribution in [0.15, 0.2) is 54.6 Å². The smallest absolute Gasteiger partial charge is 0.339 e. The number of carbonyl (C=O) groups is 3. The summed E-state index contributed by atoms with van der Waals surface area (Å²) in [5.41, 5.74) is 0.496. The number of hydrogen-bond acceptors (Lipinski definition) is 5. The molecule has 2 aromatic carbocycles. The molecule has 0 heterocycles. The first-order valence-corrected chi connectivity index (χ1v) is 7.09.